The summed E-state index contributed by atoms with van der Waals surface area (Å²) in [5, 5.41) is 11.2. The fourth-order valence-electron chi connectivity index (χ4n) is 3.02. The fraction of sp³-hybridized carbons (Fsp3) is 0.0588. The number of rotatable bonds is 3. The van der Waals surface area contributed by atoms with Gasteiger partial charge in [0.25, 0.3) is 11.3 Å². The number of benzene rings is 1. The van der Waals surface area contributed by atoms with Crippen molar-refractivity contribution < 1.29 is 4.74 Å². The van der Waals surface area contributed by atoms with Crippen LogP contribution in [0.2, 0.25) is 0 Å². The van der Waals surface area contributed by atoms with Gasteiger partial charge in [0.1, 0.15) is 18.4 Å². The largest absolute Gasteiger partial charge is 0.497 e. The summed E-state index contributed by atoms with van der Waals surface area (Å²) in [6.07, 6.45) is 4.35. The molecule has 0 spiro atoms. The molecule has 0 atom stereocenters. The zero-order valence-corrected chi connectivity index (χ0v) is 14.1. The van der Waals surface area contributed by atoms with Crippen molar-refractivity contribution >= 4 is 16.7 Å². The molecular weight excluding hydrogens is 348 g/mol. The SMILES string of the molecule is COc1ccc(-c2c3c(=O)n(-c4ncn[nH]4)ccc3nc3ncnn23)cc1. The van der Waals surface area contributed by atoms with E-state index < -0.39 is 0 Å². The molecule has 5 aromatic rings. The van der Waals surface area contributed by atoms with Crippen LogP contribution < -0.4 is 10.3 Å². The van der Waals surface area contributed by atoms with Crippen LogP contribution in [0.1, 0.15) is 0 Å². The number of hydrogen-bond acceptors (Lipinski definition) is 7. The van der Waals surface area contributed by atoms with E-state index in [9.17, 15) is 4.79 Å². The number of methoxy groups -OCH3 is 1. The van der Waals surface area contributed by atoms with E-state index in [-0.39, 0.29) is 5.56 Å². The molecule has 5 rings (SSSR count). The Labute approximate surface area is 151 Å². The molecule has 132 valence electrons. The maximum atomic E-state index is 13.3. The van der Waals surface area contributed by atoms with Crippen molar-refractivity contribution in [3.8, 4) is 23.0 Å². The molecule has 0 unspecified atom stereocenters. The minimum absolute atomic E-state index is 0.292. The Morgan fingerprint density at radius 3 is 2.67 bits per heavy atom. The average Bonchev–Trinajstić information content (AvgIpc) is 3.38. The Bertz CT molecular complexity index is 1320. The van der Waals surface area contributed by atoms with Gasteiger partial charge in [-0.05, 0) is 30.3 Å². The lowest BCUT2D eigenvalue weighted by Gasteiger charge is -2.10. The number of H-pyrrole nitrogens is 1. The van der Waals surface area contributed by atoms with Gasteiger partial charge in [-0.2, -0.15) is 24.7 Å². The van der Waals surface area contributed by atoms with Crippen LogP contribution in [0, 0.1) is 0 Å². The van der Waals surface area contributed by atoms with E-state index in [2.05, 4.69) is 30.2 Å². The highest BCUT2D eigenvalue weighted by atomic mass is 16.5. The van der Waals surface area contributed by atoms with Crippen LogP contribution in [0.4, 0.5) is 0 Å². The normalized spacial score (nSPS) is 11.3. The van der Waals surface area contributed by atoms with Gasteiger partial charge in [0.05, 0.1) is 23.7 Å². The Balaban J connectivity index is 1.91. The molecule has 4 aromatic heterocycles. The van der Waals surface area contributed by atoms with Crippen molar-refractivity contribution in [2.75, 3.05) is 7.11 Å². The van der Waals surface area contributed by atoms with Crippen molar-refractivity contribution in [2.24, 2.45) is 0 Å². The van der Waals surface area contributed by atoms with Gasteiger partial charge in [-0.3, -0.25) is 9.36 Å². The number of hydrogen-bond donors (Lipinski definition) is 1. The first-order valence-electron chi connectivity index (χ1n) is 8.01. The highest BCUT2D eigenvalue weighted by molar-refractivity contribution is 5.93. The third-order valence-electron chi connectivity index (χ3n) is 4.26. The van der Waals surface area contributed by atoms with Crippen LogP contribution in [-0.4, -0.2) is 46.4 Å². The minimum Gasteiger partial charge on any atom is -0.497 e. The Kier molecular flexibility index (Phi) is 3.22. The van der Waals surface area contributed by atoms with Gasteiger partial charge in [0, 0.05) is 11.8 Å². The molecule has 27 heavy (non-hydrogen) atoms. The molecule has 0 radical (unpaired) electrons. The third kappa shape index (κ3) is 2.27. The summed E-state index contributed by atoms with van der Waals surface area (Å²) in [5.74, 6) is 1.44. The topological polar surface area (TPSA) is 116 Å². The maximum absolute atomic E-state index is 13.3. The number of aromatic amines is 1. The molecular formula is C17H12N8O2. The standard InChI is InChI=1S/C17H12N8O2/c1-27-11-4-2-10(3-5-11)14-13-12(22-16-19-9-21-25(14)16)6-7-24(15(13)26)17-18-8-20-23-17/h2-9H,1H3,(H,18,20,23). The summed E-state index contributed by atoms with van der Waals surface area (Å²) in [6.45, 7) is 0. The summed E-state index contributed by atoms with van der Waals surface area (Å²) in [7, 11) is 1.60. The molecule has 4 heterocycles. The van der Waals surface area contributed by atoms with Crippen molar-refractivity contribution in [2.45, 2.75) is 0 Å². The van der Waals surface area contributed by atoms with Crippen molar-refractivity contribution in [3.63, 3.8) is 0 Å². The monoisotopic (exact) mass is 360 g/mol. The molecule has 0 aliphatic carbocycles. The van der Waals surface area contributed by atoms with Gasteiger partial charge >= 0.3 is 0 Å². The van der Waals surface area contributed by atoms with Crippen LogP contribution in [0.15, 0.2) is 54.0 Å². The summed E-state index contributed by atoms with van der Waals surface area (Å²) < 4.78 is 8.16. The van der Waals surface area contributed by atoms with Gasteiger partial charge in [0.15, 0.2) is 0 Å². The molecule has 10 heteroatoms. The molecule has 1 N–H and O–H groups in total. The predicted molar refractivity (Wildman–Crippen MR) is 95.8 cm³/mol. The van der Waals surface area contributed by atoms with Gasteiger partial charge in [-0.1, -0.05) is 0 Å². The average molecular weight is 360 g/mol. The molecule has 10 nitrogen and oxygen atoms in total. The summed E-state index contributed by atoms with van der Waals surface area (Å²) in [5.41, 5.74) is 1.60. The molecule has 0 aliphatic heterocycles. The van der Waals surface area contributed by atoms with Crippen molar-refractivity contribution in [3.05, 3.63) is 59.5 Å². The zero-order valence-electron chi connectivity index (χ0n) is 14.1. The molecule has 0 aliphatic rings. The Morgan fingerprint density at radius 1 is 1.07 bits per heavy atom. The minimum atomic E-state index is -0.292. The van der Waals surface area contributed by atoms with Crippen LogP contribution in [0.5, 0.6) is 5.75 Å². The van der Waals surface area contributed by atoms with E-state index in [1.54, 1.807) is 23.9 Å². The number of pyridine rings is 1. The summed E-state index contributed by atoms with van der Waals surface area (Å²) in [6, 6.07) is 9.10. The van der Waals surface area contributed by atoms with E-state index in [1.165, 1.54) is 17.2 Å². The Hall–Kier alpha value is -4.08. The van der Waals surface area contributed by atoms with E-state index in [1.807, 2.05) is 24.3 Å². The van der Waals surface area contributed by atoms with Gasteiger partial charge < -0.3 is 4.74 Å². The molecule has 0 saturated carbocycles. The van der Waals surface area contributed by atoms with Crippen LogP contribution >= 0.6 is 0 Å². The number of nitrogens with one attached hydrogen (secondary N) is 1. The number of aromatic nitrogens is 8. The van der Waals surface area contributed by atoms with E-state index in [0.29, 0.717) is 34.1 Å². The third-order valence-corrected chi connectivity index (χ3v) is 4.26. The molecule has 0 fully saturated rings. The summed E-state index contributed by atoms with van der Waals surface area (Å²) >= 11 is 0. The van der Waals surface area contributed by atoms with Gasteiger partial charge in [-0.15, -0.1) is 0 Å². The van der Waals surface area contributed by atoms with E-state index in [0.717, 1.165) is 5.56 Å². The highest BCUT2D eigenvalue weighted by Crippen LogP contribution is 2.27. The highest BCUT2D eigenvalue weighted by Gasteiger charge is 2.18. The second-order valence-electron chi connectivity index (χ2n) is 5.72. The molecule has 1 aromatic carbocycles. The van der Waals surface area contributed by atoms with Crippen molar-refractivity contribution in [1.29, 1.82) is 0 Å². The summed E-state index contributed by atoms with van der Waals surface area (Å²) in [4.78, 5) is 25.9. The van der Waals surface area contributed by atoms with Crippen molar-refractivity contribution in [1.82, 2.24) is 39.3 Å². The smallest absolute Gasteiger partial charge is 0.269 e. The lowest BCUT2D eigenvalue weighted by molar-refractivity contribution is 0.415. The fourth-order valence-corrected chi connectivity index (χ4v) is 3.02. The second kappa shape index (κ2) is 5.73. The number of nitrogens with zero attached hydrogens (tertiary/aromatic N) is 7. The van der Waals surface area contributed by atoms with E-state index in [4.69, 9.17) is 4.74 Å². The molecule has 0 bridgehead atoms. The first-order chi connectivity index (χ1) is 13.3. The lowest BCUT2D eigenvalue weighted by Crippen LogP contribution is -2.21. The first kappa shape index (κ1) is 15.2. The zero-order chi connectivity index (χ0) is 18.4. The second-order valence-corrected chi connectivity index (χ2v) is 5.72. The van der Waals surface area contributed by atoms with E-state index >= 15 is 0 Å². The van der Waals surface area contributed by atoms with Crippen LogP contribution in [0.25, 0.3) is 33.9 Å². The number of ether oxygens (including phenoxy) is 1. The number of fused-ring (bicyclic) bond motifs is 2. The predicted octanol–water partition coefficient (Wildman–Crippen LogP) is 1.22. The quantitative estimate of drug-likeness (QED) is 0.514. The van der Waals surface area contributed by atoms with Gasteiger partial charge in [-0.25, -0.2) is 10.1 Å². The molecule has 0 saturated heterocycles. The first-order valence-corrected chi connectivity index (χ1v) is 8.01. The molecule has 0 amide bonds. The lowest BCUT2D eigenvalue weighted by atomic mass is 10.1. The Morgan fingerprint density at radius 2 is 1.93 bits per heavy atom. The maximum Gasteiger partial charge on any atom is 0.269 e. The van der Waals surface area contributed by atoms with Gasteiger partial charge in [0.2, 0.25) is 5.95 Å². The van der Waals surface area contributed by atoms with Crippen LogP contribution in [-0.2, 0) is 0 Å². The van der Waals surface area contributed by atoms with Crippen LogP contribution in [0.3, 0.4) is 0 Å².